The summed E-state index contributed by atoms with van der Waals surface area (Å²) in [4.78, 5) is 37.2. The van der Waals surface area contributed by atoms with E-state index < -0.39 is 5.97 Å². The van der Waals surface area contributed by atoms with Crippen molar-refractivity contribution in [1.82, 2.24) is 20.4 Å². The van der Waals surface area contributed by atoms with Crippen LogP contribution in [0.5, 0.6) is 0 Å². The van der Waals surface area contributed by atoms with Gasteiger partial charge in [0, 0.05) is 32.2 Å². The molecule has 0 unspecified atom stereocenters. The lowest BCUT2D eigenvalue weighted by Crippen LogP contribution is -2.53. The average molecular weight is 284 g/mol. The molecule has 0 radical (unpaired) electrons. The van der Waals surface area contributed by atoms with E-state index in [9.17, 15) is 14.4 Å². The van der Waals surface area contributed by atoms with Gasteiger partial charge in [0.25, 0.3) is 0 Å². The Morgan fingerprint density at radius 1 is 1.10 bits per heavy atom. The summed E-state index contributed by atoms with van der Waals surface area (Å²) in [6, 6.07) is 0.0184. The topological polar surface area (TPSA) is 102 Å². The molecular weight excluding hydrogens is 264 g/mol. The molecule has 3 amide bonds. The molecule has 1 aliphatic heterocycles. The second-order valence-corrected chi connectivity index (χ2v) is 5.16. The Morgan fingerprint density at radius 3 is 2.30 bits per heavy atom. The number of carboxylic acid groups (broad SMARTS) is 1. The van der Waals surface area contributed by atoms with Crippen LogP contribution in [0.3, 0.4) is 0 Å². The van der Waals surface area contributed by atoms with E-state index in [1.807, 2.05) is 0 Å². The molecule has 20 heavy (non-hydrogen) atoms. The fourth-order valence-corrected chi connectivity index (χ4v) is 2.07. The molecule has 2 fully saturated rings. The van der Waals surface area contributed by atoms with Gasteiger partial charge in [-0.1, -0.05) is 0 Å². The average Bonchev–Trinajstić information content (AvgIpc) is 3.20. The number of amides is 3. The SMILES string of the molecule is O=C(O)CN1CCN(C(=O)NCC(=O)NC2CC2)CC1. The minimum absolute atomic E-state index is 0.000741. The molecule has 8 nitrogen and oxygen atoms in total. The first-order valence-corrected chi connectivity index (χ1v) is 6.81. The number of carboxylic acids is 1. The zero-order valence-corrected chi connectivity index (χ0v) is 11.3. The van der Waals surface area contributed by atoms with Crippen molar-refractivity contribution in [3.8, 4) is 0 Å². The van der Waals surface area contributed by atoms with Gasteiger partial charge in [0.1, 0.15) is 0 Å². The van der Waals surface area contributed by atoms with Crippen LogP contribution in [0.1, 0.15) is 12.8 Å². The van der Waals surface area contributed by atoms with Crippen LogP contribution in [0.25, 0.3) is 0 Å². The molecule has 2 aliphatic rings. The maximum absolute atomic E-state index is 11.8. The van der Waals surface area contributed by atoms with Crippen LogP contribution in [0, 0.1) is 0 Å². The van der Waals surface area contributed by atoms with Gasteiger partial charge in [-0.3, -0.25) is 14.5 Å². The van der Waals surface area contributed by atoms with Gasteiger partial charge in [0.15, 0.2) is 0 Å². The molecular formula is C12H20N4O4. The van der Waals surface area contributed by atoms with Gasteiger partial charge in [-0.15, -0.1) is 0 Å². The quantitative estimate of drug-likeness (QED) is 0.581. The fraction of sp³-hybridized carbons (Fsp3) is 0.750. The number of rotatable bonds is 5. The van der Waals surface area contributed by atoms with Crippen molar-refractivity contribution >= 4 is 17.9 Å². The van der Waals surface area contributed by atoms with E-state index in [-0.39, 0.29) is 25.0 Å². The second-order valence-electron chi connectivity index (χ2n) is 5.16. The first-order chi connectivity index (χ1) is 9.54. The Hall–Kier alpha value is -1.83. The maximum atomic E-state index is 11.8. The Labute approximate surface area is 117 Å². The molecule has 1 aliphatic carbocycles. The van der Waals surface area contributed by atoms with Crippen LogP contribution in [-0.4, -0.2) is 78.1 Å². The normalized spacial score (nSPS) is 19.5. The molecule has 3 N–H and O–H groups in total. The van der Waals surface area contributed by atoms with Crippen molar-refractivity contribution in [3.05, 3.63) is 0 Å². The van der Waals surface area contributed by atoms with E-state index in [1.165, 1.54) is 0 Å². The van der Waals surface area contributed by atoms with Gasteiger partial charge in [0.05, 0.1) is 13.1 Å². The molecule has 0 aromatic carbocycles. The summed E-state index contributed by atoms with van der Waals surface area (Å²) in [6.45, 7) is 2.01. The van der Waals surface area contributed by atoms with E-state index >= 15 is 0 Å². The number of nitrogens with zero attached hydrogens (tertiary/aromatic N) is 2. The zero-order valence-electron chi connectivity index (χ0n) is 11.3. The number of hydrogen-bond donors (Lipinski definition) is 3. The molecule has 2 rings (SSSR count). The highest BCUT2D eigenvalue weighted by Crippen LogP contribution is 2.18. The summed E-state index contributed by atoms with van der Waals surface area (Å²) < 4.78 is 0. The number of hydrogen-bond acceptors (Lipinski definition) is 4. The summed E-state index contributed by atoms with van der Waals surface area (Å²) in [7, 11) is 0. The highest BCUT2D eigenvalue weighted by atomic mass is 16.4. The molecule has 0 aromatic rings. The van der Waals surface area contributed by atoms with Crippen LogP contribution in [-0.2, 0) is 9.59 Å². The Kier molecular flexibility index (Phi) is 4.78. The van der Waals surface area contributed by atoms with Crippen molar-refractivity contribution in [2.24, 2.45) is 0 Å². The first-order valence-electron chi connectivity index (χ1n) is 6.81. The predicted molar refractivity (Wildman–Crippen MR) is 70.2 cm³/mol. The molecule has 1 heterocycles. The van der Waals surface area contributed by atoms with E-state index in [0.717, 1.165) is 12.8 Å². The van der Waals surface area contributed by atoms with Gasteiger partial charge < -0.3 is 20.6 Å². The predicted octanol–water partition coefficient (Wildman–Crippen LogP) is -1.32. The minimum Gasteiger partial charge on any atom is -0.480 e. The van der Waals surface area contributed by atoms with E-state index in [2.05, 4.69) is 10.6 Å². The smallest absolute Gasteiger partial charge is 0.317 e. The maximum Gasteiger partial charge on any atom is 0.317 e. The van der Waals surface area contributed by atoms with E-state index in [1.54, 1.807) is 9.80 Å². The van der Waals surface area contributed by atoms with Gasteiger partial charge in [-0.05, 0) is 12.8 Å². The summed E-state index contributed by atoms with van der Waals surface area (Å²) in [5.41, 5.74) is 0. The van der Waals surface area contributed by atoms with Crippen LogP contribution in [0.4, 0.5) is 4.79 Å². The number of nitrogens with one attached hydrogen (secondary N) is 2. The summed E-state index contributed by atoms with van der Waals surface area (Å²) in [5, 5.41) is 14.1. The first kappa shape index (κ1) is 14.6. The molecule has 0 spiro atoms. The lowest BCUT2D eigenvalue weighted by molar-refractivity contribution is -0.138. The van der Waals surface area contributed by atoms with Crippen molar-refractivity contribution in [2.45, 2.75) is 18.9 Å². The minimum atomic E-state index is -0.861. The molecule has 0 bridgehead atoms. The number of carbonyl (C=O) groups is 3. The molecule has 0 aromatic heterocycles. The van der Waals surface area contributed by atoms with Gasteiger partial charge in [-0.25, -0.2) is 4.79 Å². The number of carbonyl (C=O) groups excluding carboxylic acids is 2. The van der Waals surface area contributed by atoms with E-state index in [0.29, 0.717) is 32.2 Å². The third-order valence-corrected chi connectivity index (χ3v) is 3.36. The molecule has 112 valence electrons. The highest BCUT2D eigenvalue weighted by molar-refractivity contribution is 5.84. The summed E-state index contributed by atoms with van der Waals surface area (Å²) >= 11 is 0. The third kappa shape index (κ3) is 4.69. The van der Waals surface area contributed by atoms with Crippen LogP contribution in [0.2, 0.25) is 0 Å². The Balaban J connectivity index is 1.63. The summed E-state index contributed by atoms with van der Waals surface area (Å²) in [6.07, 6.45) is 2.04. The standard InChI is InChI=1S/C12H20N4O4/c17-10(14-9-1-2-9)7-13-12(20)16-5-3-15(4-6-16)8-11(18)19/h9H,1-8H2,(H,13,20)(H,14,17)(H,18,19). The van der Waals surface area contributed by atoms with Crippen LogP contribution in [0.15, 0.2) is 0 Å². The van der Waals surface area contributed by atoms with Crippen LogP contribution < -0.4 is 10.6 Å². The molecule has 1 saturated heterocycles. The van der Waals surface area contributed by atoms with Crippen LogP contribution >= 0.6 is 0 Å². The van der Waals surface area contributed by atoms with Crippen molar-refractivity contribution in [3.63, 3.8) is 0 Å². The monoisotopic (exact) mass is 284 g/mol. The van der Waals surface area contributed by atoms with E-state index in [4.69, 9.17) is 5.11 Å². The van der Waals surface area contributed by atoms with Gasteiger partial charge in [-0.2, -0.15) is 0 Å². The largest absolute Gasteiger partial charge is 0.480 e. The van der Waals surface area contributed by atoms with Crippen molar-refractivity contribution in [2.75, 3.05) is 39.3 Å². The van der Waals surface area contributed by atoms with Crippen molar-refractivity contribution < 1.29 is 19.5 Å². The number of aliphatic carboxylic acids is 1. The van der Waals surface area contributed by atoms with Gasteiger partial charge in [0.2, 0.25) is 5.91 Å². The summed E-state index contributed by atoms with van der Waals surface area (Å²) in [5.74, 6) is -1.02. The third-order valence-electron chi connectivity index (χ3n) is 3.36. The molecule has 1 saturated carbocycles. The lowest BCUT2D eigenvalue weighted by Gasteiger charge is -2.33. The second kappa shape index (κ2) is 6.56. The fourth-order valence-electron chi connectivity index (χ4n) is 2.07. The molecule has 0 atom stereocenters. The Bertz CT molecular complexity index is 389. The highest BCUT2D eigenvalue weighted by Gasteiger charge is 2.25. The van der Waals surface area contributed by atoms with Gasteiger partial charge >= 0.3 is 12.0 Å². The number of urea groups is 1. The molecule has 8 heteroatoms. The number of piperazine rings is 1. The zero-order chi connectivity index (χ0) is 14.5. The van der Waals surface area contributed by atoms with Crippen molar-refractivity contribution in [1.29, 1.82) is 0 Å². The lowest BCUT2D eigenvalue weighted by atomic mass is 10.3. The Morgan fingerprint density at radius 2 is 1.75 bits per heavy atom.